The zero-order valence-electron chi connectivity index (χ0n) is 11.7. The van der Waals surface area contributed by atoms with Crippen LogP contribution in [0.15, 0.2) is 30.3 Å². The number of halogens is 4. The van der Waals surface area contributed by atoms with E-state index >= 15 is 0 Å². The van der Waals surface area contributed by atoms with E-state index < -0.39 is 11.8 Å². The van der Waals surface area contributed by atoms with E-state index in [1.165, 1.54) is 12.1 Å². The molecular weight excluding hydrogens is 473 g/mol. The maximum atomic E-state index is 12.1. The van der Waals surface area contributed by atoms with E-state index in [0.29, 0.717) is 10.6 Å². The Bertz CT molecular complexity index is 773. The van der Waals surface area contributed by atoms with Gasteiger partial charge in [-0.2, -0.15) is 0 Å². The molecule has 0 bridgehead atoms. The molecule has 2 amide bonds. The Hall–Kier alpha value is -1.02. The number of carbonyl (C=O) groups excluding carboxylic acids is 2. The molecule has 2 aromatic carbocycles. The van der Waals surface area contributed by atoms with Gasteiger partial charge in [0.1, 0.15) is 0 Å². The lowest BCUT2D eigenvalue weighted by Crippen LogP contribution is -2.41. The molecule has 2 N–H and O–H groups in total. The van der Waals surface area contributed by atoms with E-state index in [9.17, 15) is 9.59 Å². The van der Waals surface area contributed by atoms with Crippen molar-refractivity contribution in [3.8, 4) is 0 Å². The van der Waals surface area contributed by atoms with Gasteiger partial charge in [0.05, 0.1) is 15.6 Å². The average molecular weight is 484 g/mol. The van der Waals surface area contributed by atoms with Gasteiger partial charge in [-0.1, -0.05) is 40.9 Å². The topological polar surface area (TPSA) is 58.2 Å². The summed E-state index contributed by atoms with van der Waals surface area (Å²) in [6.07, 6.45) is 0. The zero-order valence-corrected chi connectivity index (χ0v) is 16.1. The van der Waals surface area contributed by atoms with Gasteiger partial charge in [-0.15, -0.1) is 0 Å². The SMILES string of the molecule is Cc1ccc(C(=O)NNC(=O)c2c(Cl)cc(Cl)cc2Cl)cc1I. The van der Waals surface area contributed by atoms with Crippen molar-refractivity contribution in [2.24, 2.45) is 0 Å². The number of carbonyl (C=O) groups is 2. The number of benzene rings is 2. The van der Waals surface area contributed by atoms with Crippen LogP contribution in [0.1, 0.15) is 26.3 Å². The Morgan fingerprint density at radius 1 is 0.957 bits per heavy atom. The average Bonchev–Trinajstić information content (AvgIpc) is 2.46. The molecule has 120 valence electrons. The van der Waals surface area contributed by atoms with Crippen LogP contribution < -0.4 is 10.9 Å². The molecule has 0 fully saturated rings. The minimum atomic E-state index is -0.633. The van der Waals surface area contributed by atoms with Crippen molar-refractivity contribution in [3.63, 3.8) is 0 Å². The van der Waals surface area contributed by atoms with Crippen molar-refractivity contribution in [1.82, 2.24) is 10.9 Å². The number of nitrogens with one attached hydrogen (secondary N) is 2. The summed E-state index contributed by atoms with van der Waals surface area (Å²) >= 11 is 19.8. The first-order valence-corrected chi connectivity index (χ1v) is 8.52. The number of hydrogen-bond donors (Lipinski definition) is 2. The van der Waals surface area contributed by atoms with E-state index in [0.717, 1.165) is 9.13 Å². The smallest absolute Gasteiger partial charge is 0.267 e. The molecule has 0 heterocycles. The van der Waals surface area contributed by atoms with Crippen molar-refractivity contribution in [2.75, 3.05) is 0 Å². The molecule has 0 aliphatic carbocycles. The van der Waals surface area contributed by atoms with Crippen LogP contribution in [0.25, 0.3) is 0 Å². The highest BCUT2D eigenvalue weighted by atomic mass is 127. The van der Waals surface area contributed by atoms with E-state index in [-0.39, 0.29) is 15.6 Å². The predicted molar refractivity (Wildman–Crippen MR) is 100 cm³/mol. The molecular formula is C15H10Cl3IN2O2. The Kier molecular flexibility index (Phi) is 6.13. The Balaban J connectivity index is 2.10. The first kappa shape index (κ1) is 18.3. The lowest BCUT2D eigenvalue weighted by Gasteiger charge is -2.10. The van der Waals surface area contributed by atoms with E-state index in [4.69, 9.17) is 34.8 Å². The van der Waals surface area contributed by atoms with Crippen LogP contribution in [0.5, 0.6) is 0 Å². The maximum Gasteiger partial charge on any atom is 0.272 e. The first-order chi connectivity index (χ1) is 10.8. The zero-order chi connectivity index (χ0) is 17.1. The summed E-state index contributed by atoms with van der Waals surface area (Å²) in [5.74, 6) is -1.08. The first-order valence-electron chi connectivity index (χ1n) is 6.31. The molecule has 0 atom stereocenters. The Morgan fingerprint density at radius 2 is 1.52 bits per heavy atom. The molecule has 0 aliphatic heterocycles. The van der Waals surface area contributed by atoms with Crippen LogP contribution >= 0.6 is 57.4 Å². The summed E-state index contributed by atoms with van der Waals surface area (Å²) in [7, 11) is 0. The highest BCUT2D eigenvalue weighted by Crippen LogP contribution is 2.28. The van der Waals surface area contributed by atoms with Gasteiger partial charge in [0.2, 0.25) is 0 Å². The van der Waals surface area contributed by atoms with Gasteiger partial charge in [0.25, 0.3) is 11.8 Å². The van der Waals surface area contributed by atoms with Crippen LogP contribution in [0.4, 0.5) is 0 Å². The quantitative estimate of drug-likeness (QED) is 0.483. The number of aryl methyl sites for hydroxylation is 1. The van der Waals surface area contributed by atoms with E-state index in [2.05, 4.69) is 33.4 Å². The van der Waals surface area contributed by atoms with Gasteiger partial charge in [0, 0.05) is 14.2 Å². The fourth-order valence-electron chi connectivity index (χ4n) is 1.74. The third-order valence-electron chi connectivity index (χ3n) is 2.96. The molecule has 23 heavy (non-hydrogen) atoms. The summed E-state index contributed by atoms with van der Waals surface area (Å²) in [5.41, 5.74) is 6.12. The largest absolute Gasteiger partial charge is 0.272 e. The third kappa shape index (κ3) is 4.50. The number of rotatable bonds is 2. The summed E-state index contributed by atoms with van der Waals surface area (Å²) in [6.45, 7) is 1.94. The van der Waals surface area contributed by atoms with E-state index in [1.54, 1.807) is 12.1 Å². The van der Waals surface area contributed by atoms with Crippen molar-refractivity contribution in [2.45, 2.75) is 6.92 Å². The summed E-state index contributed by atoms with van der Waals surface area (Å²) < 4.78 is 0.949. The minimum Gasteiger partial charge on any atom is -0.267 e. The van der Waals surface area contributed by atoms with Crippen molar-refractivity contribution in [1.29, 1.82) is 0 Å². The molecule has 2 aromatic rings. The summed E-state index contributed by atoms with van der Waals surface area (Å²) in [6, 6.07) is 8.01. The van der Waals surface area contributed by atoms with Gasteiger partial charge in [0.15, 0.2) is 0 Å². The second-order valence-electron chi connectivity index (χ2n) is 4.62. The van der Waals surface area contributed by atoms with Gasteiger partial charge >= 0.3 is 0 Å². The lowest BCUT2D eigenvalue weighted by atomic mass is 10.1. The lowest BCUT2D eigenvalue weighted by molar-refractivity contribution is 0.0847. The highest BCUT2D eigenvalue weighted by molar-refractivity contribution is 14.1. The monoisotopic (exact) mass is 482 g/mol. The molecule has 0 aliphatic rings. The van der Waals surface area contributed by atoms with Crippen molar-refractivity contribution < 1.29 is 9.59 Å². The third-order valence-corrected chi connectivity index (χ3v) is 4.93. The molecule has 2 rings (SSSR count). The fraction of sp³-hybridized carbons (Fsp3) is 0.0667. The van der Waals surface area contributed by atoms with Crippen LogP contribution in [0.2, 0.25) is 15.1 Å². The molecule has 0 spiro atoms. The predicted octanol–water partition coefficient (Wildman–Crippen LogP) is 4.63. The Morgan fingerprint density at radius 3 is 2.09 bits per heavy atom. The fourth-order valence-corrected chi connectivity index (χ4v) is 3.25. The van der Waals surface area contributed by atoms with Crippen molar-refractivity contribution >= 4 is 69.2 Å². The summed E-state index contributed by atoms with van der Waals surface area (Å²) in [5, 5.41) is 0.507. The summed E-state index contributed by atoms with van der Waals surface area (Å²) in [4.78, 5) is 24.2. The number of amides is 2. The Labute approximate surface area is 161 Å². The van der Waals surface area contributed by atoms with Crippen LogP contribution in [-0.2, 0) is 0 Å². The van der Waals surface area contributed by atoms with Gasteiger partial charge in [-0.25, -0.2) is 0 Å². The van der Waals surface area contributed by atoms with Gasteiger partial charge in [-0.05, 0) is 59.3 Å². The molecule has 0 radical (unpaired) electrons. The number of hydrazine groups is 1. The van der Waals surface area contributed by atoms with Gasteiger partial charge in [-0.3, -0.25) is 20.4 Å². The molecule has 0 unspecified atom stereocenters. The van der Waals surface area contributed by atoms with E-state index in [1.807, 2.05) is 13.0 Å². The molecule has 0 saturated heterocycles. The standard InChI is InChI=1S/C15H10Cl3IN2O2/c1-7-2-3-8(4-12(7)19)14(22)20-21-15(23)13-10(17)5-9(16)6-11(13)18/h2-6H,1H3,(H,20,22)(H,21,23). The molecule has 4 nitrogen and oxygen atoms in total. The van der Waals surface area contributed by atoms with Gasteiger partial charge < -0.3 is 0 Å². The number of hydrogen-bond acceptors (Lipinski definition) is 2. The maximum absolute atomic E-state index is 12.1. The van der Waals surface area contributed by atoms with Crippen LogP contribution in [0, 0.1) is 10.5 Å². The second-order valence-corrected chi connectivity index (χ2v) is 7.03. The molecule has 8 heteroatoms. The molecule has 0 saturated carbocycles. The highest BCUT2D eigenvalue weighted by Gasteiger charge is 2.17. The molecule has 0 aromatic heterocycles. The van der Waals surface area contributed by atoms with Crippen LogP contribution in [-0.4, -0.2) is 11.8 Å². The normalized spacial score (nSPS) is 10.3. The van der Waals surface area contributed by atoms with Crippen molar-refractivity contribution in [3.05, 3.63) is 65.7 Å². The second kappa shape index (κ2) is 7.70. The minimum absolute atomic E-state index is 0.0384. The van der Waals surface area contributed by atoms with Crippen LogP contribution in [0.3, 0.4) is 0 Å².